The number of para-hydroxylation sites is 1. The molecule has 0 radical (unpaired) electrons. The molecule has 0 aliphatic carbocycles. The van der Waals surface area contributed by atoms with Crippen LogP contribution in [0.3, 0.4) is 0 Å². The van der Waals surface area contributed by atoms with E-state index in [1.165, 1.54) is 5.32 Å². The van der Waals surface area contributed by atoms with E-state index in [0.717, 1.165) is 0 Å². The lowest BCUT2D eigenvalue weighted by Gasteiger charge is -2.10. The van der Waals surface area contributed by atoms with E-state index in [9.17, 15) is 9.59 Å². The SMILES string of the molecule is O=C1NC(=O)c2ccccc2[NH2+]1. The fourth-order valence-corrected chi connectivity index (χ4v) is 1.19. The molecule has 1 aromatic rings. The number of carbonyl (C=O) groups is 2. The van der Waals surface area contributed by atoms with E-state index >= 15 is 0 Å². The predicted octanol–water partition coefficient (Wildman–Crippen LogP) is -0.255. The third-order valence-corrected chi connectivity index (χ3v) is 1.73. The van der Waals surface area contributed by atoms with E-state index in [4.69, 9.17) is 0 Å². The van der Waals surface area contributed by atoms with Crippen molar-refractivity contribution in [3.63, 3.8) is 0 Å². The lowest BCUT2D eigenvalue weighted by molar-refractivity contribution is -0.465. The van der Waals surface area contributed by atoms with Gasteiger partial charge in [0.2, 0.25) is 0 Å². The van der Waals surface area contributed by atoms with Crippen molar-refractivity contribution in [2.24, 2.45) is 0 Å². The molecule has 4 nitrogen and oxygen atoms in total. The summed E-state index contributed by atoms with van der Waals surface area (Å²) >= 11 is 0. The van der Waals surface area contributed by atoms with Crippen molar-refractivity contribution < 1.29 is 14.9 Å². The van der Waals surface area contributed by atoms with Crippen LogP contribution in [-0.4, -0.2) is 11.9 Å². The third-order valence-electron chi connectivity index (χ3n) is 1.73. The molecule has 0 unspecified atom stereocenters. The molecule has 0 bridgehead atoms. The topological polar surface area (TPSA) is 62.8 Å². The van der Waals surface area contributed by atoms with Crippen molar-refractivity contribution in [2.45, 2.75) is 0 Å². The van der Waals surface area contributed by atoms with Crippen LogP contribution in [0.2, 0.25) is 0 Å². The zero-order valence-corrected chi connectivity index (χ0v) is 6.20. The monoisotopic (exact) mass is 163 g/mol. The number of amides is 3. The number of imide groups is 1. The van der Waals surface area contributed by atoms with Crippen LogP contribution in [0.15, 0.2) is 24.3 Å². The average molecular weight is 163 g/mol. The number of benzene rings is 1. The van der Waals surface area contributed by atoms with Crippen molar-refractivity contribution in [3.05, 3.63) is 29.8 Å². The molecule has 1 aromatic carbocycles. The molecule has 2 rings (SSSR count). The molecular formula is C8H7N2O2+. The first-order valence-corrected chi connectivity index (χ1v) is 3.56. The van der Waals surface area contributed by atoms with E-state index in [1.54, 1.807) is 24.3 Å². The molecule has 0 fully saturated rings. The van der Waals surface area contributed by atoms with Gasteiger partial charge in [-0.15, -0.1) is 0 Å². The lowest BCUT2D eigenvalue weighted by atomic mass is 10.1. The maximum atomic E-state index is 11.1. The van der Waals surface area contributed by atoms with Gasteiger partial charge in [0, 0.05) is 6.07 Å². The molecule has 0 saturated heterocycles. The van der Waals surface area contributed by atoms with E-state index in [0.29, 0.717) is 11.3 Å². The van der Waals surface area contributed by atoms with Gasteiger partial charge in [0.05, 0.1) is 0 Å². The van der Waals surface area contributed by atoms with E-state index in [1.807, 2.05) is 0 Å². The van der Waals surface area contributed by atoms with Crippen molar-refractivity contribution in [2.75, 3.05) is 0 Å². The minimum Gasteiger partial charge on any atom is -0.268 e. The number of nitrogens with one attached hydrogen (secondary N) is 1. The summed E-state index contributed by atoms with van der Waals surface area (Å²) in [6.45, 7) is 0. The van der Waals surface area contributed by atoms with Gasteiger partial charge in [-0.25, -0.2) is 15.4 Å². The highest BCUT2D eigenvalue weighted by molar-refractivity contribution is 6.07. The molecule has 12 heavy (non-hydrogen) atoms. The minimum absolute atomic E-state index is 0.321. The first-order chi connectivity index (χ1) is 5.77. The predicted molar refractivity (Wildman–Crippen MR) is 40.9 cm³/mol. The Hall–Kier alpha value is -1.68. The Bertz CT molecular complexity index is 360. The number of hydrogen-bond donors (Lipinski definition) is 2. The van der Waals surface area contributed by atoms with Gasteiger partial charge in [-0.05, 0) is 6.07 Å². The summed E-state index contributed by atoms with van der Waals surface area (Å²) in [5.41, 5.74) is 1.24. The van der Waals surface area contributed by atoms with E-state index < -0.39 is 0 Å². The van der Waals surface area contributed by atoms with Gasteiger partial charge in [0.15, 0.2) is 5.69 Å². The van der Waals surface area contributed by atoms with Crippen molar-refractivity contribution >= 4 is 17.6 Å². The number of fused-ring (bicyclic) bond motifs is 1. The van der Waals surface area contributed by atoms with Gasteiger partial charge in [-0.2, -0.15) is 0 Å². The van der Waals surface area contributed by atoms with Crippen LogP contribution >= 0.6 is 0 Å². The molecule has 0 aromatic heterocycles. The van der Waals surface area contributed by atoms with Crippen LogP contribution in [0.5, 0.6) is 0 Å². The molecule has 1 heterocycles. The molecule has 0 saturated carbocycles. The fourth-order valence-electron chi connectivity index (χ4n) is 1.19. The third kappa shape index (κ3) is 0.981. The van der Waals surface area contributed by atoms with Gasteiger partial charge >= 0.3 is 6.03 Å². The highest BCUT2D eigenvalue weighted by Crippen LogP contribution is 2.10. The number of nitrogens with two attached hydrogens (primary N) is 1. The van der Waals surface area contributed by atoms with Crippen LogP contribution in [0.1, 0.15) is 10.4 Å². The second kappa shape index (κ2) is 2.42. The summed E-state index contributed by atoms with van der Waals surface area (Å²) in [5, 5.41) is 3.62. The molecule has 0 spiro atoms. The molecule has 3 amide bonds. The minimum atomic E-state index is -0.348. The molecule has 1 aliphatic heterocycles. The van der Waals surface area contributed by atoms with Crippen LogP contribution in [0, 0.1) is 0 Å². The van der Waals surface area contributed by atoms with E-state index in [-0.39, 0.29) is 11.9 Å². The van der Waals surface area contributed by atoms with Crippen molar-refractivity contribution in [3.8, 4) is 0 Å². The Morgan fingerprint density at radius 3 is 2.75 bits per heavy atom. The Morgan fingerprint density at radius 1 is 1.17 bits per heavy atom. The number of urea groups is 1. The first kappa shape index (κ1) is 7.00. The second-order valence-electron chi connectivity index (χ2n) is 2.55. The largest absolute Gasteiger partial charge is 0.425 e. The Kier molecular flexibility index (Phi) is 1.41. The first-order valence-electron chi connectivity index (χ1n) is 3.56. The van der Waals surface area contributed by atoms with E-state index in [2.05, 4.69) is 5.32 Å². The van der Waals surface area contributed by atoms with Gasteiger partial charge in [0.25, 0.3) is 5.91 Å². The second-order valence-corrected chi connectivity index (χ2v) is 2.55. The average Bonchev–Trinajstić information content (AvgIpc) is 2.04. The summed E-state index contributed by atoms with van der Waals surface area (Å²) in [5.74, 6) is -0.321. The van der Waals surface area contributed by atoms with Crippen LogP contribution < -0.4 is 10.6 Å². The number of hydrogen-bond acceptors (Lipinski definition) is 2. The van der Waals surface area contributed by atoms with Crippen molar-refractivity contribution in [1.82, 2.24) is 5.32 Å². The summed E-state index contributed by atoms with van der Waals surface area (Å²) in [6.07, 6.45) is 0. The molecular weight excluding hydrogens is 156 g/mol. The summed E-state index contributed by atoms with van der Waals surface area (Å²) in [6, 6.07) is 6.64. The maximum absolute atomic E-state index is 11.1. The van der Waals surface area contributed by atoms with Crippen LogP contribution in [-0.2, 0) is 0 Å². The smallest absolute Gasteiger partial charge is 0.268 e. The Balaban J connectivity index is 2.54. The summed E-state index contributed by atoms with van der Waals surface area (Å²) in [7, 11) is 0. The van der Waals surface area contributed by atoms with Crippen molar-refractivity contribution in [1.29, 1.82) is 0 Å². The van der Waals surface area contributed by atoms with Crippen LogP contribution in [0.25, 0.3) is 0 Å². The molecule has 60 valence electrons. The summed E-state index contributed by atoms with van der Waals surface area (Å²) < 4.78 is 0. The molecule has 1 aliphatic rings. The highest BCUT2D eigenvalue weighted by Gasteiger charge is 2.25. The van der Waals surface area contributed by atoms with Gasteiger partial charge < -0.3 is 0 Å². The van der Waals surface area contributed by atoms with Gasteiger partial charge in [0.1, 0.15) is 5.56 Å². The highest BCUT2D eigenvalue weighted by atomic mass is 16.2. The standard InChI is InChI=1S/C8H6N2O2/c11-7-5-3-1-2-4-6(5)9-8(12)10-7/h1-4H,(H2,9,10,11,12)/p+1. The zero-order valence-electron chi connectivity index (χ0n) is 6.20. The summed E-state index contributed by atoms with van der Waals surface area (Å²) in [4.78, 5) is 22.0. The Morgan fingerprint density at radius 2 is 1.92 bits per heavy atom. The molecule has 0 atom stereocenters. The Labute approximate surface area is 68.6 Å². The van der Waals surface area contributed by atoms with Gasteiger partial charge in [-0.1, -0.05) is 12.1 Å². The molecule has 3 N–H and O–H groups in total. The quantitative estimate of drug-likeness (QED) is 0.518. The maximum Gasteiger partial charge on any atom is 0.425 e. The number of carbonyl (C=O) groups excluding carboxylic acids is 2. The lowest BCUT2D eigenvalue weighted by Crippen LogP contribution is -2.88. The number of quaternary nitrogens is 1. The van der Waals surface area contributed by atoms with Gasteiger partial charge in [-0.3, -0.25) is 4.79 Å². The fraction of sp³-hybridized carbons (Fsp3) is 0. The molecule has 4 heteroatoms. The van der Waals surface area contributed by atoms with Crippen LogP contribution in [0.4, 0.5) is 10.5 Å². The normalized spacial score (nSPS) is 15.3. The number of rotatable bonds is 0. The number of primary amides is 1. The zero-order chi connectivity index (χ0) is 8.55.